The zero-order valence-corrected chi connectivity index (χ0v) is 17.7. The molecule has 0 aliphatic heterocycles. The first-order chi connectivity index (χ1) is 11.4. The molecule has 0 unspecified atom stereocenters. The van der Waals surface area contributed by atoms with Crippen LogP contribution in [0.4, 0.5) is 0 Å². The molecule has 3 heteroatoms. The largest absolute Gasteiger partial charge is 0.379 e. The average Bonchev–Trinajstić information content (AvgIpc) is 2.43. The second kappa shape index (κ2) is 8.25. The number of hydroxylamine groups is 1. The van der Waals surface area contributed by atoms with Gasteiger partial charge < -0.3 is 4.84 Å². The molecular weight excluding hydrogens is 310 g/mol. The number of amides is 1. The van der Waals surface area contributed by atoms with E-state index in [4.69, 9.17) is 4.84 Å². The smallest absolute Gasteiger partial charge is 0.249 e. The monoisotopic (exact) mass is 347 g/mol. The molecule has 1 N–H and O–H groups in total. The van der Waals surface area contributed by atoms with E-state index >= 15 is 0 Å². The molecule has 0 fully saturated rings. The molecule has 0 heterocycles. The Balaban J connectivity index is 3.56. The van der Waals surface area contributed by atoms with E-state index in [1.807, 2.05) is 0 Å². The lowest BCUT2D eigenvalue weighted by atomic mass is 9.79. The van der Waals surface area contributed by atoms with E-state index < -0.39 is 0 Å². The molecule has 1 aromatic rings. The van der Waals surface area contributed by atoms with Gasteiger partial charge in [0.25, 0.3) is 0 Å². The Labute approximate surface area is 154 Å². The fourth-order valence-corrected chi connectivity index (χ4v) is 3.40. The summed E-state index contributed by atoms with van der Waals surface area (Å²) in [4.78, 5) is 17.1. The van der Waals surface area contributed by atoms with Gasteiger partial charge in [-0.3, -0.25) is 4.79 Å². The quantitative estimate of drug-likeness (QED) is 0.698. The van der Waals surface area contributed by atoms with Gasteiger partial charge in [0.15, 0.2) is 5.75 Å². The van der Waals surface area contributed by atoms with Crippen molar-refractivity contribution in [3.8, 4) is 5.75 Å². The van der Waals surface area contributed by atoms with Gasteiger partial charge in [0.2, 0.25) is 5.91 Å². The third-order valence-electron chi connectivity index (χ3n) is 4.16. The first kappa shape index (κ1) is 21.5. The number of benzene rings is 1. The first-order valence-corrected chi connectivity index (χ1v) is 9.48. The molecule has 0 radical (unpaired) electrons. The van der Waals surface area contributed by atoms with E-state index in [1.54, 1.807) is 0 Å². The van der Waals surface area contributed by atoms with Crippen molar-refractivity contribution in [2.45, 2.75) is 88.0 Å². The van der Waals surface area contributed by atoms with Crippen LogP contribution in [0, 0.1) is 10.8 Å². The first-order valence-electron chi connectivity index (χ1n) is 9.48. The highest BCUT2D eigenvalue weighted by Crippen LogP contribution is 2.37. The lowest BCUT2D eigenvalue weighted by molar-refractivity contribution is -0.125. The van der Waals surface area contributed by atoms with E-state index in [-0.39, 0.29) is 16.7 Å². The van der Waals surface area contributed by atoms with E-state index in [1.165, 1.54) is 29.2 Å². The minimum absolute atomic E-state index is 0.148. The van der Waals surface area contributed by atoms with Crippen LogP contribution in [-0.2, 0) is 30.5 Å². The van der Waals surface area contributed by atoms with Gasteiger partial charge in [0, 0.05) is 12.5 Å². The highest BCUT2D eigenvalue weighted by Gasteiger charge is 2.24. The van der Waals surface area contributed by atoms with E-state index in [0.29, 0.717) is 0 Å². The maximum absolute atomic E-state index is 11.4. The topological polar surface area (TPSA) is 38.3 Å². The summed E-state index contributed by atoms with van der Waals surface area (Å²) in [5, 5.41) is 0. The van der Waals surface area contributed by atoms with E-state index in [0.717, 1.165) is 31.4 Å². The zero-order chi connectivity index (χ0) is 19.4. The summed E-state index contributed by atoms with van der Waals surface area (Å²) in [6.07, 6.45) is 3.92. The van der Waals surface area contributed by atoms with Crippen LogP contribution in [0.25, 0.3) is 0 Å². The molecule has 0 saturated heterocycles. The van der Waals surface area contributed by atoms with Crippen LogP contribution in [0.15, 0.2) is 6.07 Å². The predicted octanol–water partition coefficient (Wildman–Crippen LogP) is 5.42. The number of rotatable bonds is 6. The Morgan fingerprint density at radius 3 is 1.84 bits per heavy atom. The second-order valence-corrected chi connectivity index (χ2v) is 9.41. The number of carbonyl (C=O) groups is 1. The molecule has 25 heavy (non-hydrogen) atoms. The lowest BCUT2D eigenvalue weighted by Crippen LogP contribution is -2.26. The van der Waals surface area contributed by atoms with Gasteiger partial charge in [0.1, 0.15) is 0 Å². The molecule has 0 atom stereocenters. The van der Waals surface area contributed by atoms with Gasteiger partial charge >= 0.3 is 0 Å². The summed E-state index contributed by atoms with van der Waals surface area (Å²) in [7, 11) is 0. The van der Waals surface area contributed by atoms with Gasteiger partial charge in [-0.2, -0.15) is 5.48 Å². The Hall–Kier alpha value is -1.51. The van der Waals surface area contributed by atoms with E-state index in [2.05, 4.69) is 66.9 Å². The molecule has 0 aromatic heterocycles. The lowest BCUT2D eigenvalue weighted by Gasteiger charge is -2.28. The van der Waals surface area contributed by atoms with Crippen molar-refractivity contribution >= 4 is 5.91 Å². The van der Waals surface area contributed by atoms with Crippen LogP contribution < -0.4 is 10.3 Å². The highest BCUT2D eigenvalue weighted by atomic mass is 16.7. The van der Waals surface area contributed by atoms with Crippen molar-refractivity contribution in [2.24, 2.45) is 10.8 Å². The Kier molecular flexibility index (Phi) is 7.10. The van der Waals surface area contributed by atoms with Crippen LogP contribution >= 0.6 is 0 Å². The average molecular weight is 348 g/mol. The Morgan fingerprint density at radius 1 is 0.920 bits per heavy atom. The standard InChI is InChI=1S/C22H37NO2/c1-10-17-16(13-21(4,5)6)12-20(25-23-15(3)24)19(18(17)11-2)14-22(7,8)9/h12H,10-11,13-14H2,1-9H3,(H,23,24). The number of hydrogen-bond donors (Lipinski definition) is 1. The third-order valence-corrected chi connectivity index (χ3v) is 4.16. The van der Waals surface area contributed by atoms with Gasteiger partial charge in [0.05, 0.1) is 0 Å². The molecule has 1 rings (SSSR count). The molecule has 142 valence electrons. The molecule has 0 spiro atoms. The molecule has 3 nitrogen and oxygen atoms in total. The molecule has 1 aromatic carbocycles. The van der Waals surface area contributed by atoms with Crippen molar-refractivity contribution in [1.82, 2.24) is 5.48 Å². The summed E-state index contributed by atoms with van der Waals surface area (Å²) < 4.78 is 0. The Morgan fingerprint density at radius 2 is 1.44 bits per heavy atom. The summed E-state index contributed by atoms with van der Waals surface area (Å²) in [6, 6.07) is 2.15. The van der Waals surface area contributed by atoms with Crippen molar-refractivity contribution in [1.29, 1.82) is 0 Å². The van der Waals surface area contributed by atoms with Gasteiger partial charge in [-0.15, -0.1) is 0 Å². The zero-order valence-electron chi connectivity index (χ0n) is 17.7. The predicted molar refractivity (Wildman–Crippen MR) is 106 cm³/mol. The fraction of sp³-hybridized carbons (Fsp3) is 0.682. The fourth-order valence-electron chi connectivity index (χ4n) is 3.40. The van der Waals surface area contributed by atoms with Crippen LogP contribution in [0.5, 0.6) is 5.75 Å². The van der Waals surface area contributed by atoms with Crippen LogP contribution in [0.1, 0.15) is 84.6 Å². The number of hydrogen-bond acceptors (Lipinski definition) is 2. The summed E-state index contributed by atoms with van der Waals surface area (Å²) >= 11 is 0. The van der Waals surface area contributed by atoms with Gasteiger partial charge in [-0.25, -0.2) is 0 Å². The van der Waals surface area contributed by atoms with Crippen molar-refractivity contribution in [3.63, 3.8) is 0 Å². The number of nitrogens with one attached hydrogen (secondary N) is 1. The molecule has 0 bridgehead atoms. The van der Waals surface area contributed by atoms with Crippen molar-refractivity contribution < 1.29 is 9.63 Å². The molecule has 0 aliphatic rings. The number of carbonyl (C=O) groups excluding carboxylic acids is 1. The minimum Gasteiger partial charge on any atom is -0.379 e. The van der Waals surface area contributed by atoms with Crippen LogP contribution in [-0.4, -0.2) is 5.91 Å². The van der Waals surface area contributed by atoms with Gasteiger partial charge in [-0.1, -0.05) is 55.4 Å². The SMILES string of the molecule is CCc1c(CC(C)(C)C)cc(ONC(C)=O)c(CC(C)(C)C)c1CC. The maximum Gasteiger partial charge on any atom is 0.249 e. The van der Waals surface area contributed by atoms with Crippen molar-refractivity contribution in [2.75, 3.05) is 0 Å². The van der Waals surface area contributed by atoms with Crippen LogP contribution in [0.2, 0.25) is 0 Å². The highest BCUT2D eigenvalue weighted by molar-refractivity contribution is 5.72. The molecule has 0 aliphatic carbocycles. The van der Waals surface area contributed by atoms with Crippen LogP contribution in [0.3, 0.4) is 0 Å². The van der Waals surface area contributed by atoms with E-state index in [9.17, 15) is 4.79 Å². The summed E-state index contributed by atoms with van der Waals surface area (Å²) in [6.45, 7) is 19.4. The van der Waals surface area contributed by atoms with Gasteiger partial charge in [-0.05, 0) is 59.3 Å². The summed E-state index contributed by atoms with van der Waals surface area (Å²) in [5.74, 6) is 0.620. The third kappa shape index (κ3) is 6.72. The Bertz CT molecular complexity index is 604. The van der Waals surface area contributed by atoms with Crippen molar-refractivity contribution in [3.05, 3.63) is 28.3 Å². The normalized spacial score (nSPS) is 12.2. The maximum atomic E-state index is 11.4. The molecule has 1 amide bonds. The summed E-state index contributed by atoms with van der Waals surface area (Å²) in [5.41, 5.74) is 8.29. The molecular formula is C22H37NO2. The molecule has 0 saturated carbocycles. The second-order valence-electron chi connectivity index (χ2n) is 9.41. The minimum atomic E-state index is -0.184.